The minimum atomic E-state index is -0.273. The fraction of sp³-hybridized carbons (Fsp3) is 0.600. The predicted molar refractivity (Wildman–Crippen MR) is 134 cm³/mol. The van der Waals surface area contributed by atoms with Gasteiger partial charge in [0, 0.05) is 25.0 Å². The van der Waals surface area contributed by atoms with Crippen molar-refractivity contribution in [3.05, 3.63) is 29.8 Å². The van der Waals surface area contributed by atoms with E-state index < -0.39 is 0 Å². The molecule has 3 heterocycles. The second-order valence-electron chi connectivity index (χ2n) is 10.1. The number of carbonyl (C=O) groups excluding carboxylic acids is 2. The van der Waals surface area contributed by atoms with Crippen molar-refractivity contribution < 1.29 is 14.3 Å². The first-order valence-corrected chi connectivity index (χ1v) is 12.6. The van der Waals surface area contributed by atoms with Gasteiger partial charge in [-0.2, -0.15) is 4.98 Å². The number of nitrogens with zero attached hydrogens (tertiary/aromatic N) is 4. The number of hydrogen-bond acceptors (Lipinski definition) is 8. The standard InChI is InChI=1S/C25H35N7O3/c1-15-14-32(18-5-6-18)22-20(28-23(15)33)13-26-25(30-22)29-19-7-4-16(12-21(19)35-3)24(34)27-17-8-10-31(2)11-9-17/h4,7,13,15-18H,5-6,8-12,14H2,1-3H3,(H,27,34)(H,28,33)(H,26,29,30). The molecule has 35 heavy (non-hydrogen) atoms. The van der Waals surface area contributed by atoms with Crippen molar-refractivity contribution >= 4 is 29.3 Å². The van der Waals surface area contributed by atoms with E-state index in [1.807, 2.05) is 19.1 Å². The molecule has 188 valence electrons. The molecule has 2 aliphatic heterocycles. The number of methoxy groups -OCH3 is 1. The largest absolute Gasteiger partial charge is 0.499 e. The minimum Gasteiger partial charge on any atom is -0.499 e. The number of carbonyl (C=O) groups is 2. The normalized spacial score (nSPS) is 25.6. The molecule has 2 unspecified atom stereocenters. The van der Waals surface area contributed by atoms with Gasteiger partial charge in [-0.1, -0.05) is 13.0 Å². The molecule has 2 fully saturated rings. The molecular formula is C25H35N7O3. The van der Waals surface area contributed by atoms with Crippen molar-refractivity contribution in [1.29, 1.82) is 0 Å². The molecule has 0 bridgehead atoms. The average molecular weight is 482 g/mol. The lowest BCUT2D eigenvalue weighted by Gasteiger charge is -2.31. The SMILES string of the molecule is COC1=C(Nc2ncc3c(n2)N(C2CC2)CC(C)C(=O)N3)C=CC(C(=O)NC2CCN(C)CC2)C1. The van der Waals surface area contributed by atoms with Crippen LogP contribution in [0.25, 0.3) is 0 Å². The van der Waals surface area contributed by atoms with Crippen LogP contribution in [0.5, 0.6) is 0 Å². The van der Waals surface area contributed by atoms with Crippen molar-refractivity contribution in [2.75, 3.05) is 49.3 Å². The van der Waals surface area contributed by atoms with E-state index in [1.54, 1.807) is 13.3 Å². The van der Waals surface area contributed by atoms with Gasteiger partial charge in [0.05, 0.1) is 30.8 Å². The number of fused-ring (bicyclic) bond motifs is 1. The summed E-state index contributed by atoms with van der Waals surface area (Å²) < 4.78 is 5.65. The Morgan fingerprint density at radius 1 is 1.23 bits per heavy atom. The molecular weight excluding hydrogens is 446 g/mol. The number of nitrogens with one attached hydrogen (secondary N) is 3. The smallest absolute Gasteiger partial charge is 0.229 e. The Balaban J connectivity index is 1.28. The van der Waals surface area contributed by atoms with Gasteiger partial charge in [0.15, 0.2) is 5.82 Å². The lowest BCUT2D eigenvalue weighted by atomic mass is 9.95. The maximum Gasteiger partial charge on any atom is 0.229 e. The molecule has 3 N–H and O–H groups in total. The predicted octanol–water partition coefficient (Wildman–Crippen LogP) is 2.09. The van der Waals surface area contributed by atoms with Crippen molar-refractivity contribution in [2.24, 2.45) is 11.8 Å². The van der Waals surface area contributed by atoms with Crippen molar-refractivity contribution in [2.45, 2.75) is 51.1 Å². The number of rotatable bonds is 6. The summed E-state index contributed by atoms with van der Waals surface area (Å²) in [6, 6.07) is 0.644. The zero-order valence-corrected chi connectivity index (χ0v) is 20.7. The van der Waals surface area contributed by atoms with E-state index in [1.165, 1.54) is 0 Å². The molecule has 2 atom stereocenters. The van der Waals surface area contributed by atoms with E-state index in [0.717, 1.165) is 50.3 Å². The van der Waals surface area contributed by atoms with Crippen LogP contribution in [0.15, 0.2) is 29.8 Å². The minimum absolute atomic E-state index is 0.0112. The molecule has 1 aromatic heterocycles. The molecule has 1 aromatic rings. The average Bonchev–Trinajstić information content (AvgIpc) is 3.70. The van der Waals surface area contributed by atoms with E-state index in [0.29, 0.717) is 36.4 Å². The number of anilines is 3. The van der Waals surface area contributed by atoms with Crippen LogP contribution in [0.4, 0.5) is 17.5 Å². The number of likely N-dealkylation sites (tertiary alicyclic amines) is 1. The van der Waals surface area contributed by atoms with Gasteiger partial charge in [0.25, 0.3) is 0 Å². The molecule has 0 spiro atoms. The number of amides is 2. The first kappa shape index (κ1) is 23.6. The molecule has 10 heteroatoms. The molecule has 5 rings (SSSR count). The van der Waals surface area contributed by atoms with Gasteiger partial charge in [-0.15, -0.1) is 0 Å². The Kier molecular flexibility index (Phi) is 6.64. The van der Waals surface area contributed by atoms with Crippen LogP contribution in [0.1, 0.15) is 39.0 Å². The summed E-state index contributed by atoms with van der Waals surface area (Å²) in [6.07, 6.45) is 10.1. The molecule has 0 aromatic carbocycles. The summed E-state index contributed by atoms with van der Waals surface area (Å²) in [4.78, 5) is 39.0. The summed E-state index contributed by atoms with van der Waals surface area (Å²) in [7, 11) is 3.73. The second kappa shape index (κ2) is 9.85. The summed E-state index contributed by atoms with van der Waals surface area (Å²) in [6.45, 7) is 4.58. The third-order valence-electron chi connectivity index (χ3n) is 7.30. The Hall–Kier alpha value is -3.14. The zero-order chi connectivity index (χ0) is 24.5. The fourth-order valence-corrected chi connectivity index (χ4v) is 4.92. The highest BCUT2D eigenvalue weighted by atomic mass is 16.5. The molecule has 2 amide bonds. The van der Waals surface area contributed by atoms with Crippen LogP contribution in [-0.4, -0.2) is 72.6 Å². The monoisotopic (exact) mass is 481 g/mol. The van der Waals surface area contributed by atoms with E-state index in [-0.39, 0.29) is 29.7 Å². The molecule has 1 saturated carbocycles. The van der Waals surface area contributed by atoms with Gasteiger partial charge >= 0.3 is 0 Å². The summed E-state index contributed by atoms with van der Waals surface area (Å²) in [5.41, 5.74) is 1.38. The lowest BCUT2D eigenvalue weighted by molar-refractivity contribution is -0.124. The molecule has 1 saturated heterocycles. The first-order chi connectivity index (χ1) is 16.9. The van der Waals surface area contributed by atoms with E-state index in [2.05, 4.69) is 37.8 Å². The molecule has 10 nitrogen and oxygen atoms in total. The number of aromatic nitrogens is 2. The highest BCUT2D eigenvalue weighted by Crippen LogP contribution is 2.37. The van der Waals surface area contributed by atoms with Crippen LogP contribution in [0, 0.1) is 11.8 Å². The number of ether oxygens (including phenoxy) is 1. The molecule has 4 aliphatic rings. The van der Waals surface area contributed by atoms with Gasteiger partial charge < -0.3 is 30.5 Å². The summed E-state index contributed by atoms with van der Waals surface area (Å²) in [5, 5.41) is 9.43. The van der Waals surface area contributed by atoms with Gasteiger partial charge in [-0.25, -0.2) is 4.98 Å². The topological polar surface area (TPSA) is 112 Å². The zero-order valence-electron chi connectivity index (χ0n) is 20.7. The maximum absolute atomic E-state index is 12.9. The van der Waals surface area contributed by atoms with Crippen LogP contribution >= 0.6 is 0 Å². The third kappa shape index (κ3) is 5.27. The van der Waals surface area contributed by atoms with Crippen LogP contribution < -0.4 is 20.9 Å². The van der Waals surface area contributed by atoms with E-state index in [4.69, 9.17) is 9.72 Å². The Morgan fingerprint density at radius 2 is 2.00 bits per heavy atom. The van der Waals surface area contributed by atoms with Gasteiger partial charge in [-0.3, -0.25) is 9.59 Å². The van der Waals surface area contributed by atoms with Crippen molar-refractivity contribution in [3.63, 3.8) is 0 Å². The summed E-state index contributed by atoms with van der Waals surface area (Å²) >= 11 is 0. The number of hydrogen-bond donors (Lipinski definition) is 3. The van der Waals surface area contributed by atoms with E-state index in [9.17, 15) is 9.59 Å². The third-order valence-corrected chi connectivity index (χ3v) is 7.30. The highest BCUT2D eigenvalue weighted by molar-refractivity contribution is 5.97. The van der Waals surface area contributed by atoms with Gasteiger partial charge in [0.2, 0.25) is 17.8 Å². The lowest BCUT2D eigenvalue weighted by Crippen LogP contribution is -2.45. The quantitative estimate of drug-likeness (QED) is 0.566. The first-order valence-electron chi connectivity index (χ1n) is 12.6. The highest BCUT2D eigenvalue weighted by Gasteiger charge is 2.36. The van der Waals surface area contributed by atoms with Crippen molar-refractivity contribution in [3.8, 4) is 0 Å². The summed E-state index contributed by atoms with van der Waals surface area (Å²) in [5.74, 6) is 1.50. The van der Waals surface area contributed by atoms with Crippen molar-refractivity contribution in [1.82, 2.24) is 20.2 Å². The second-order valence-corrected chi connectivity index (χ2v) is 10.1. The number of allylic oxidation sites excluding steroid dienone is 2. The van der Waals surface area contributed by atoms with E-state index >= 15 is 0 Å². The van der Waals surface area contributed by atoms with Gasteiger partial charge in [-0.05, 0) is 51.9 Å². The molecule has 2 aliphatic carbocycles. The Morgan fingerprint density at radius 3 is 2.71 bits per heavy atom. The Labute approximate surface area is 206 Å². The van der Waals surface area contributed by atoms with Crippen LogP contribution in [0.2, 0.25) is 0 Å². The maximum atomic E-state index is 12.9. The van der Waals surface area contributed by atoms with Crippen LogP contribution in [0.3, 0.4) is 0 Å². The Bertz CT molecular complexity index is 1040. The fourth-order valence-electron chi connectivity index (χ4n) is 4.92. The van der Waals surface area contributed by atoms with Crippen LogP contribution in [-0.2, 0) is 14.3 Å². The number of piperidine rings is 1. The van der Waals surface area contributed by atoms with Gasteiger partial charge in [0.1, 0.15) is 11.4 Å². The molecule has 0 radical (unpaired) electrons.